The topological polar surface area (TPSA) is 74.7 Å². The van der Waals surface area contributed by atoms with Gasteiger partial charge < -0.3 is 20.1 Å². The number of carbonyl (C=O) groups excluding carboxylic acids is 1. The smallest absolute Gasteiger partial charge is 0.257 e. The van der Waals surface area contributed by atoms with Crippen molar-refractivity contribution in [3.05, 3.63) is 78.4 Å². The molecular formula is C23H24FN3O3. The van der Waals surface area contributed by atoms with E-state index in [2.05, 4.69) is 10.3 Å². The van der Waals surface area contributed by atoms with E-state index in [4.69, 9.17) is 4.74 Å². The Balaban J connectivity index is 1.82. The van der Waals surface area contributed by atoms with Crippen molar-refractivity contribution in [2.75, 3.05) is 32.6 Å². The molecule has 1 aromatic heterocycles. The molecule has 1 atom stereocenters. The van der Waals surface area contributed by atoms with Gasteiger partial charge in [0, 0.05) is 18.9 Å². The molecule has 30 heavy (non-hydrogen) atoms. The van der Waals surface area contributed by atoms with Crippen molar-refractivity contribution in [2.24, 2.45) is 0 Å². The van der Waals surface area contributed by atoms with Crippen LogP contribution in [0, 0.1) is 5.82 Å². The van der Waals surface area contributed by atoms with E-state index in [0.29, 0.717) is 30.2 Å². The Labute approximate surface area is 174 Å². The molecule has 0 aliphatic rings. The summed E-state index contributed by atoms with van der Waals surface area (Å²) in [4.78, 5) is 18.6. The molecule has 1 heterocycles. The molecule has 2 aromatic carbocycles. The van der Waals surface area contributed by atoms with Crippen LogP contribution in [0.15, 0.2) is 67.0 Å². The lowest BCUT2D eigenvalue weighted by Gasteiger charge is -2.17. The molecule has 1 unspecified atom stereocenters. The van der Waals surface area contributed by atoms with Crippen molar-refractivity contribution in [1.29, 1.82) is 0 Å². The maximum absolute atomic E-state index is 13.1. The molecule has 0 saturated carbocycles. The van der Waals surface area contributed by atoms with Gasteiger partial charge in [-0.3, -0.25) is 9.78 Å². The van der Waals surface area contributed by atoms with E-state index in [1.54, 1.807) is 18.5 Å². The number of rotatable bonds is 8. The normalized spacial score (nSPS) is 11.9. The van der Waals surface area contributed by atoms with E-state index in [0.717, 1.165) is 11.1 Å². The maximum atomic E-state index is 13.1. The number of hydrogen-bond acceptors (Lipinski definition) is 5. The number of nitrogens with one attached hydrogen (secondary N) is 1. The summed E-state index contributed by atoms with van der Waals surface area (Å²) in [7, 11) is 3.89. The first-order valence-electron chi connectivity index (χ1n) is 9.50. The molecule has 3 rings (SSSR count). The largest absolute Gasteiger partial charge is 0.490 e. The van der Waals surface area contributed by atoms with Gasteiger partial charge in [0.1, 0.15) is 18.2 Å². The van der Waals surface area contributed by atoms with Gasteiger partial charge in [-0.05, 0) is 67.2 Å². The Hall–Kier alpha value is -3.29. The number of aliphatic hydroxyl groups is 1. The number of likely N-dealkylation sites (N-methyl/N-ethyl adjacent to an activating group) is 1. The van der Waals surface area contributed by atoms with Crippen LogP contribution in [0.4, 0.5) is 10.1 Å². The third kappa shape index (κ3) is 5.62. The second kappa shape index (κ2) is 9.96. The summed E-state index contributed by atoms with van der Waals surface area (Å²) in [6.07, 6.45) is 1.98. The first-order chi connectivity index (χ1) is 14.4. The van der Waals surface area contributed by atoms with Crippen LogP contribution in [0.1, 0.15) is 11.7 Å². The standard InChI is InChI=1S/C23H24FN3O3/c1-27(2)13-14-30-21-15-18(16-9-11-25-12-10-16)5-8-20(21)26-23(29)22(28)17-3-6-19(24)7-4-17/h3-12,15,22,28H,13-14H2,1-2H3,(H,26,29). The van der Waals surface area contributed by atoms with Crippen molar-refractivity contribution in [3.63, 3.8) is 0 Å². The monoisotopic (exact) mass is 409 g/mol. The van der Waals surface area contributed by atoms with Crippen LogP contribution in [-0.4, -0.2) is 48.1 Å². The van der Waals surface area contributed by atoms with Crippen LogP contribution in [0.3, 0.4) is 0 Å². The van der Waals surface area contributed by atoms with Crippen molar-refractivity contribution in [2.45, 2.75) is 6.10 Å². The number of aromatic nitrogens is 1. The molecule has 0 bridgehead atoms. The number of anilines is 1. The van der Waals surface area contributed by atoms with Gasteiger partial charge in [-0.2, -0.15) is 0 Å². The molecule has 0 saturated heterocycles. The molecule has 0 spiro atoms. The minimum absolute atomic E-state index is 0.303. The van der Waals surface area contributed by atoms with Crippen molar-refractivity contribution in [1.82, 2.24) is 9.88 Å². The number of pyridine rings is 1. The highest BCUT2D eigenvalue weighted by atomic mass is 19.1. The molecule has 0 radical (unpaired) electrons. The fourth-order valence-electron chi connectivity index (χ4n) is 2.80. The second-order valence-corrected chi connectivity index (χ2v) is 7.04. The fraction of sp³-hybridized carbons (Fsp3) is 0.217. The highest BCUT2D eigenvalue weighted by molar-refractivity contribution is 5.96. The van der Waals surface area contributed by atoms with E-state index in [1.807, 2.05) is 43.3 Å². The van der Waals surface area contributed by atoms with Crippen LogP contribution < -0.4 is 10.1 Å². The number of carbonyl (C=O) groups is 1. The van der Waals surface area contributed by atoms with Gasteiger partial charge in [0.2, 0.25) is 0 Å². The lowest BCUT2D eigenvalue weighted by Crippen LogP contribution is -2.22. The number of benzene rings is 2. The number of hydrogen-bond donors (Lipinski definition) is 2. The van der Waals surface area contributed by atoms with Gasteiger partial charge in [0.15, 0.2) is 6.10 Å². The number of nitrogens with zero attached hydrogens (tertiary/aromatic N) is 2. The van der Waals surface area contributed by atoms with Crippen molar-refractivity contribution < 1.29 is 19.0 Å². The lowest BCUT2D eigenvalue weighted by molar-refractivity contribution is -0.124. The molecule has 0 fully saturated rings. The van der Waals surface area contributed by atoms with Crippen molar-refractivity contribution >= 4 is 11.6 Å². The van der Waals surface area contributed by atoms with Gasteiger partial charge >= 0.3 is 0 Å². The van der Waals surface area contributed by atoms with Gasteiger partial charge in [0.25, 0.3) is 5.91 Å². The molecule has 0 aliphatic carbocycles. The molecule has 2 N–H and O–H groups in total. The van der Waals surface area contributed by atoms with E-state index in [1.165, 1.54) is 24.3 Å². The molecule has 1 amide bonds. The zero-order valence-corrected chi connectivity index (χ0v) is 16.9. The Kier molecular flexibility index (Phi) is 7.11. The molecule has 6 nitrogen and oxygen atoms in total. The lowest BCUT2D eigenvalue weighted by atomic mass is 10.1. The summed E-state index contributed by atoms with van der Waals surface area (Å²) < 4.78 is 19.0. The van der Waals surface area contributed by atoms with Crippen molar-refractivity contribution in [3.8, 4) is 16.9 Å². The molecular weight excluding hydrogens is 385 g/mol. The van der Waals surface area contributed by atoms with Gasteiger partial charge in [0.05, 0.1) is 5.69 Å². The third-order valence-corrected chi connectivity index (χ3v) is 4.48. The zero-order chi connectivity index (χ0) is 21.5. The Morgan fingerprint density at radius 1 is 1.10 bits per heavy atom. The first-order valence-corrected chi connectivity index (χ1v) is 9.50. The summed E-state index contributed by atoms with van der Waals surface area (Å²) in [6, 6.07) is 14.3. The summed E-state index contributed by atoms with van der Waals surface area (Å²) in [5.74, 6) is -0.573. The quantitative estimate of drug-likeness (QED) is 0.596. The fourth-order valence-corrected chi connectivity index (χ4v) is 2.80. The Bertz CT molecular complexity index is 979. The highest BCUT2D eigenvalue weighted by Gasteiger charge is 2.19. The summed E-state index contributed by atoms with van der Waals surface area (Å²) in [5.41, 5.74) is 2.62. The van der Waals surface area contributed by atoms with Gasteiger partial charge in [-0.1, -0.05) is 18.2 Å². The SMILES string of the molecule is CN(C)CCOc1cc(-c2ccncc2)ccc1NC(=O)C(O)c1ccc(F)cc1. The minimum Gasteiger partial charge on any atom is -0.490 e. The van der Waals surface area contributed by atoms with Crippen LogP contribution in [0.25, 0.3) is 11.1 Å². The number of ether oxygens (including phenoxy) is 1. The van der Waals surface area contributed by atoms with Crippen LogP contribution in [-0.2, 0) is 4.79 Å². The summed E-state index contributed by atoms with van der Waals surface area (Å²) in [5, 5.41) is 13.0. The highest BCUT2D eigenvalue weighted by Crippen LogP contribution is 2.31. The van der Waals surface area contributed by atoms with Crippen LogP contribution in [0.2, 0.25) is 0 Å². The third-order valence-electron chi connectivity index (χ3n) is 4.48. The minimum atomic E-state index is -1.43. The molecule has 7 heteroatoms. The van der Waals surface area contributed by atoms with Gasteiger partial charge in [-0.25, -0.2) is 4.39 Å². The Morgan fingerprint density at radius 3 is 2.47 bits per heavy atom. The number of amides is 1. The number of halogens is 1. The average Bonchev–Trinajstić information content (AvgIpc) is 2.75. The number of aliphatic hydroxyl groups excluding tert-OH is 1. The zero-order valence-electron chi connectivity index (χ0n) is 16.9. The van der Waals surface area contributed by atoms with E-state index in [9.17, 15) is 14.3 Å². The van der Waals surface area contributed by atoms with E-state index in [-0.39, 0.29) is 0 Å². The Morgan fingerprint density at radius 2 is 1.80 bits per heavy atom. The predicted octanol–water partition coefficient (Wildman–Crippen LogP) is 3.50. The molecule has 3 aromatic rings. The average molecular weight is 409 g/mol. The molecule has 0 aliphatic heterocycles. The van der Waals surface area contributed by atoms with Crippen LogP contribution in [0.5, 0.6) is 5.75 Å². The first kappa shape index (κ1) is 21.4. The molecule has 156 valence electrons. The van der Waals surface area contributed by atoms with E-state index < -0.39 is 17.8 Å². The second-order valence-electron chi connectivity index (χ2n) is 7.04. The summed E-state index contributed by atoms with van der Waals surface area (Å²) in [6.45, 7) is 1.13. The maximum Gasteiger partial charge on any atom is 0.257 e. The van der Waals surface area contributed by atoms with Gasteiger partial charge in [-0.15, -0.1) is 0 Å². The summed E-state index contributed by atoms with van der Waals surface area (Å²) >= 11 is 0. The van der Waals surface area contributed by atoms with E-state index >= 15 is 0 Å². The van der Waals surface area contributed by atoms with Crippen LogP contribution >= 0.6 is 0 Å². The predicted molar refractivity (Wildman–Crippen MR) is 114 cm³/mol.